The van der Waals surface area contributed by atoms with Crippen LogP contribution in [0.2, 0.25) is 0 Å². The van der Waals surface area contributed by atoms with Crippen LogP contribution in [0.4, 0.5) is 0 Å². The van der Waals surface area contributed by atoms with E-state index in [0.29, 0.717) is 6.54 Å². The summed E-state index contributed by atoms with van der Waals surface area (Å²) in [5.41, 5.74) is 1.90. The van der Waals surface area contributed by atoms with Crippen molar-refractivity contribution in [2.75, 3.05) is 20.2 Å². The molecule has 24 heavy (non-hydrogen) atoms. The first-order chi connectivity index (χ1) is 11.6. The molecule has 0 radical (unpaired) electrons. The van der Waals surface area contributed by atoms with E-state index in [2.05, 4.69) is 4.90 Å². The average Bonchev–Trinajstić information content (AvgIpc) is 2.90. The molecule has 0 aromatic heterocycles. The Labute approximate surface area is 141 Å². The van der Waals surface area contributed by atoms with Crippen LogP contribution in [0.3, 0.4) is 0 Å². The summed E-state index contributed by atoms with van der Waals surface area (Å²) in [7, 11) is 1.98. The molecular formula is C19H20N2O3. The van der Waals surface area contributed by atoms with E-state index in [9.17, 15) is 10.1 Å². The lowest BCUT2D eigenvalue weighted by atomic mass is 9.74. The van der Waals surface area contributed by atoms with Gasteiger partial charge in [0.25, 0.3) is 5.54 Å². The van der Waals surface area contributed by atoms with Crippen LogP contribution >= 0.6 is 0 Å². The molecule has 124 valence electrons. The number of para-hydroxylation sites is 1. The lowest BCUT2D eigenvalue weighted by Gasteiger charge is -2.37. The summed E-state index contributed by atoms with van der Waals surface area (Å²) in [6.07, 6.45) is 0. The zero-order valence-corrected chi connectivity index (χ0v) is 13.8. The number of benzene rings is 2. The average molecular weight is 324 g/mol. The number of nitro groups is 1. The van der Waals surface area contributed by atoms with Crippen molar-refractivity contribution in [1.82, 2.24) is 4.90 Å². The van der Waals surface area contributed by atoms with Gasteiger partial charge in [-0.25, -0.2) is 0 Å². The maximum Gasteiger partial charge on any atom is 0.282 e. The minimum absolute atomic E-state index is 0.102. The van der Waals surface area contributed by atoms with Gasteiger partial charge >= 0.3 is 0 Å². The SMILES string of the molecule is Cc1ccccc1[C@@H]1CN(C)[C@@H]2c3ccccc3OC[C@]12[N+](=O)[O-]. The molecule has 5 nitrogen and oxygen atoms in total. The molecule has 0 aliphatic carbocycles. The van der Waals surface area contributed by atoms with Crippen molar-refractivity contribution in [3.8, 4) is 5.75 Å². The van der Waals surface area contributed by atoms with Crippen molar-refractivity contribution in [2.45, 2.75) is 24.4 Å². The molecule has 1 fully saturated rings. The maximum atomic E-state index is 12.3. The minimum Gasteiger partial charge on any atom is -0.486 e. The van der Waals surface area contributed by atoms with Gasteiger partial charge in [-0.3, -0.25) is 15.0 Å². The maximum absolute atomic E-state index is 12.3. The van der Waals surface area contributed by atoms with E-state index in [4.69, 9.17) is 4.74 Å². The molecule has 0 unspecified atom stereocenters. The zero-order valence-electron chi connectivity index (χ0n) is 13.8. The molecule has 0 spiro atoms. The largest absolute Gasteiger partial charge is 0.486 e. The van der Waals surface area contributed by atoms with Crippen LogP contribution in [-0.2, 0) is 0 Å². The number of rotatable bonds is 2. The van der Waals surface area contributed by atoms with Crippen molar-refractivity contribution in [2.24, 2.45) is 0 Å². The molecule has 0 amide bonds. The van der Waals surface area contributed by atoms with Crippen LogP contribution in [0.1, 0.15) is 28.7 Å². The minimum atomic E-state index is -1.16. The summed E-state index contributed by atoms with van der Waals surface area (Å²) in [4.78, 5) is 14.3. The number of nitrogens with zero attached hydrogens (tertiary/aromatic N) is 2. The molecule has 1 saturated heterocycles. The van der Waals surface area contributed by atoms with Gasteiger partial charge < -0.3 is 4.74 Å². The summed E-state index contributed by atoms with van der Waals surface area (Å²) in [5.74, 6) is 0.564. The zero-order chi connectivity index (χ0) is 16.9. The second kappa shape index (κ2) is 5.31. The molecule has 4 rings (SSSR count). The molecule has 2 aliphatic heterocycles. The van der Waals surface area contributed by atoms with Crippen LogP contribution in [0, 0.1) is 17.0 Å². The highest BCUT2D eigenvalue weighted by molar-refractivity contribution is 5.44. The van der Waals surface area contributed by atoms with E-state index in [-0.39, 0.29) is 23.5 Å². The van der Waals surface area contributed by atoms with Crippen LogP contribution < -0.4 is 4.74 Å². The third-order valence-electron chi connectivity index (χ3n) is 5.56. The van der Waals surface area contributed by atoms with Gasteiger partial charge in [-0.05, 0) is 31.2 Å². The summed E-state index contributed by atoms with van der Waals surface area (Å²) >= 11 is 0. The molecule has 2 aliphatic rings. The summed E-state index contributed by atoms with van der Waals surface area (Å²) in [6.45, 7) is 2.77. The van der Waals surface area contributed by atoms with Crippen molar-refractivity contribution >= 4 is 0 Å². The van der Waals surface area contributed by atoms with Gasteiger partial charge in [0.1, 0.15) is 11.8 Å². The van der Waals surface area contributed by atoms with Gasteiger partial charge in [-0.2, -0.15) is 0 Å². The van der Waals surface area contributed by atoms with E-state index in [1.807, 2.05) is 62.5 Å². The Morgan fingerprint density at radius 3 is 2.54 bits per heavy atom. The molecule has 2 aromatic carbocycles. The number of ether oxygens (including phenoxy) is 1. The fourth-order valence-corrected chi connectivity index (χ4v) is 4.47. The molecule has 2 heterocycles. The van der Waals surface area contributed by atoms with Crippen molar-refractivity contribution in [3.63, 3.8) is 0 Å². The van der Waals surface area contributed by atoms with Crippen molar-refractivity contribution < 1.29 is 9.66 Å². The second-order valence-electron chi connectivity index (χ2n) is 6.83. The fraction of sp³-hybridized carbons (Fsp3) is 0.368. The Hall–Kier alpha value is -2.40. The van der Waals surface area contributed by atoms with Crippen LogP contribution in [0.25, 0.3) is 0 Å². The van der Waals surface area contributed by atoms with Gasteiger partial charge in [-0.1, -0.05) is 42.5 Å². The normalized spacial score (nSPS) is 28.8. The Balaban J connectivity index is 1.91. The van der Waals surface area contributed by atoms with E-state index in [1.165, 1.54) is 0 Å². The lowest BCUT2D eigenvalue weighted by Crippen LogP contribution is -2.54. The quantitative estimate of drug-likeness (QED) is 0.629. The molecular weight excluding hydrogens is 304 g/mol. The van der Waals surface area contributed by atoms with Gasteiger partial charge in [0.15, 0.2) is 6.61 Å². The van der Waals surface area contributed by atoms with Gasteiger partial charge in [0, 0.05) is 17.0 Å². The first-order valence-electron chi connectivity index (χ1n) is 8.17. The predicted molar refractivity (Wildman–Crippen MR) is 91.0 cm³/mol. The fourth-order valence-electron chi connectivity index (χ4n) is 4.47. The standard InChI is InChI=1S/C19H20N2O3/c1-13-7-3-4-8-14(13)16-11-20(2)18-15-9-5-6-10-17(15)24-12-19(16,18)21(22)23/h3-10,16,18H,11-12H2,1-2H3/t16-,18+,19-/m0/s1. The first kappa shape index (κ1) is 15.1. The van der Waals surface area contributed by atoms with E-state index < -0.39 is 5.54 Å². The predicted octanol–water partition coefficient (Wildman–Crippen LogP) is 3.17. The lowest BCUT2D eigenvalue weighted by molar-refractivity contribution is -0.581. The highest BCUT2D eigenvalue weighted by Gasteiger charge is 2.66. The van der Waals surface area contributed by atoms with E-state index in [1.54, 1.807) is 0 Å². The van der Waals surface area contributed by atoms with Gasteiger partial charge in [0.05, 0.1) is 5.92 Å². The third-order valence-corrected chi connectivity index (χ3v) is 5.56. The first-order valence-corrected chi connectivity index (χ1v) is 8.17. The van der Waals surface area contributed by atoms with Crippen LogP contribution in [0.5, 0.6) is 5.75 Å². The Bertz CT molecular complexity index is 807. The molecule has 0 bridgehead atoms. The molecule has 0 saturated carbocycles. The number of fused-ring (bicyclic) bond motifs is 3. The topological polar surface area (TPSA) is 55.6 Å². The molecule has 2 aromatic rings. The summed E-state index contributed by atoms with van der Waals surface area (Å²) < 4.78 is 5.87. The Morgan fingerprint density at radius 1 is 1.17 bits per heavy atom. The highest BCUT2D eigenvalue weighted by atomic mass is 16.6. The van der Waals surface area contributed by atoms with E-state index >= 15 is 0 Å². The smallest absolute Gasteiger partial charge is 0.282 e. The van der Waals surface area contributed by atoms with Gasteiger partial charge in [-0.15, -0.1) is 0 Å². The van der Waals surface area contributed by atoms with Crippen molar-refractivity contribution in [3.05, 3.63) is 75.3 Å². The van der Waals surface area contributed by atoms with E-state index in [0.717, 1.165) is 22.4 Å². The summed E-state index contributed by atoms with van der Waals surface area (Å²) in [5, 5.41) is 12.3. The van der Waals surface area contributed by atoms with Crippen LogP contribution in [0.15, 0.2) is 48.5 Å². The Morgan fingerprint density at radius 2 is 1.83 bits per heavy atom. The van der Waals surface area contributed by atoms with Gasteiger partial charge in [0.2, 0.25) is 0 Å². The number of aryl methyl sites for hydroxylation is 1. The number of hydrogen-bond donors (Lipinski definition) is 0. The second-order valence-corrected chi connectivity index (χ2v) is 6.83. The number of hydrogen-bond acceptors (Lipinski definition) is 4. The van der Waals surface area contributed by atoms with Crippen molar-refractivity contribution in [1.29, 1.82) is 0 Å². The highest BCUT2D eigenvalue weighted by Crippen LogP contribution is 2.54. The number of likely N-dealkylation sites (N-methyl/N-ethyl adjacent to an activating group) is 1. The van der Waals surface area contributed by atoms with Crippen LogP contribution in [-0.4, -0.2) is 35.6 Å². The molecule has 5 heteroatoms. The third kappa shape index (κ3) is 1.91. The molecule has 3 atom stereocenters. The number of likely N-dealkylation sites (tertiary alicyclic amines) is 1. The molecule has 0 N–H and O–H groups in total. The Kier molecular flexibility index (Phi) is 3.35. The summed E-state index contributed by atoms with van der Waals surface area (Å²) in [6, 6.07) is 15.4. The monoisotopic (exact) mass is 324 g/mol.